The predicted octanol–water partition coefficient (Wildman–Crippen LogP) is 1.97. The van der Waals surface area contributed by atoms with Crippen LogP contribution in [0.2, 0.25) is 0 Å². The van der Waals surface area contributed by atoms with Crippen molar-refractivity contribution in [3.8, 4) is 5.75 Å². The third kappa shape index (κ3) is 2.73. The van der Waals surface area contributed by atoms with Crippen LogP contribution < -0.4 is 4.74 Å². The molecule has 23 heavy (non-hydrogen) atoms. The lowest BCUT2D eigenvalue weighted by Gasteiger charge is -2.37. The van der Waals surface area contributed by atoms with Gasteiger partial charge in [-0.2, -0.15) is 4.31 Å². The van der Waals surface area contributed by atoms with E-state index in [-0.39, 0.29) is 4.90 Å². The summed E-state index contributed by atoms with van der Waals surface area (Å²) in [7, 11) is -0.476. The maximum absolute atomic E-state index is 12.6. The number of ether oxygens (including phenoxy) is 1. The van der Waals surface area contributed by atoms with Gasteiger partial charge in [-0.05, 0) is 30.2 Å². The second-order valence-corrected chi connectivity index (χ2v) is 7.59. The van der Waals surface area contributed by atoms with E-state index in [1.54, 1.807) is 25.3 Å². The van der Waals surface area contributed by atoms with Gasteiger partial charge in [0, 0.05) is 12.6 Å². The Balaban J connectivity index is 1.96. The van der Waals surface area contributed by atoms with Gasteiger partial charge in [-0.25, -0.2) is 8.42 Å². The Kier molecular flexibility index (Phi) is 4.14. The van der Waals surface area contributed by atoms with Crippen molar-refractivity contribution in [1.82, 2.24) is 4.31 Å². The Bertz CT molecular complexity index is 802. The number of hydrogen-bond donors (Lipinski definition) is 1. The molecule has 0 amide bonds. The lowest BCUT2D eigenvalue weighted by Crippen LogP contribution is -2.46. The molecule has 2 atom stereocenters. The van der Waals surface area contributed by atoms with Crippen LogP contribution in [-0.4, -0.2) is 38.0 Å². The molecular weight excluding hydrogens is 314 g/mol. The average molecular weight is 333 g/mol. The molecule has 1 aliphatic heterocycles. The molecule has 2 aromatic carbocycles. The van der Waals surface area contributed by atoms with Gasteiger partial charge < -0.3 is 9.84 Å². The Morgan fingerprint density at radius 1 is 1.13 bits per heavy atom. The van der Waals surface area contributed by atoms with Gasteiger partial charge in [0.05, 0.1) is 24.2 Å². The summed E-state index contributed by atoms with van der Waals surface area (Å²) in [6, 6.07) is 13.5. The van der Waals surface area contributed by atoms with Gasteiger partial charge in [-0.3, -0.25) is 0 Å². The topological polar surface area (TPSA) is 66.8 Å². The number of nitrogens with zero attached hydrogens (tertiary/aromatic N) is 1. The third-order valence-corrected chi connectivity index (χ3v) is 6.29. The smallest absolute Gasteiger partial charge is 0.243 e. The van der Waals surface area contributed by atoms with Crippen LogP contribution in [0.4, 0.5) is 0 Å². The van der Waals surface area contributed by atoms with Crippen LogP contribution in [-0.2, 0) is 16.4 Å². The Morgan fingerprint density at radius 2 is 1.78 bits per heavy atom. The predicted molar refractivity (Wildman–Crippen MR) is 86.8 cm³/mol. The number of aliphatic hydroxyl groups is 1. The molecule has 5 nitrogen and oxygen atoms in total. The number of methoxy groups -OCH3 is 1. The van der Waals surface area contributed by atoms with E-state index in [4.69, 9.17) is 4.74 Å². The third-order valence-electron chi connectivity index (χ3n) is 4.33. The summed E-state index contributed by atoms with van der Waals surface area (Å²) in [6.07, 6.45) is -0.434. The van der Waals surface area contributed by atoms with Gasteiger partial charge in [-0.15, -0.1) is 0 Å². The number of sulfonamides is 1. The molecule has 3 rings (SSSR count). The Morgan fingerprint density at radius 3 is 2.43 bits per heavy atom. The Labute approximate surface area is 136 Å². The summed E-state index contributed by atoms with van der Waals surface area (Å²) in [5, 5.41) is 10.7. The highest BCUT2D eigenvalue weighted by Crippen LogP contribution is 2.36. The molecule has 1 aliphatic rings. The molecule has 0 unspecified atom stereocenters. The molecule has 122 valence electrons. The van der Waals surface area contributed by atoms with E-state index < -0.39 is 22.2 Å². The largest absolute Gasteiger partial charge is 0.497 e. The van der Waals surface area contributed by atoms with Gasteiger partial charge in [0.15, 0.2) is 0 Å². The Hall–Kier alpha value is -1.89. The molecule has 0 spiro atoms. The van der Waals surface area contributed by atoms with Gasteiger partial charge in [0.25, 0.3) is 0 Å². The van der Waals surface area contributed by atoms with Crippen LogP contribution in [0.3, 0.4) is 0 Å². The quantitative estimate of drug-likeness (QED) is 0.933. The average Bonchev–Trinajstić information content (AvgIpc) is 2.58. The molecule has 0 radical (unpaired) electrons. The van der Waals surface area contributed by atoms with Gasteiger partial charge in [0.2, 0.25) is 10.0 Å². The van der Waals surface area contributed by atoms with E-state index in [2.05, 4.69) is 0 Å². The zero-order chi connectivity index (χ0) is 16.6. The lowest BCUT2D eigenvalue weighted by molar-refractivity contribution is 0.0892. The number of likely N-dealkylation sites (N-methyl/N-ethyl adjacent to an activating group) is 1. The molecule has 0 bridgehead atoms. The number of aliphatic hydroxyl groups excluding tert-OH is 1. The summed E-state index contributed by atoms with van der Waals surface area (Å²) in [4.78, 5) is 0.181. The van der Waals surface area contributed by atoms with Crippen molar-refractivity contribution in [2.75, 3.05) is 14.2 Å². The number of hydrogen-bond acceptors (Lipinski definition) is 4. The second-order valence-electron chi connectivity index (χ2n) is 5.62. The highest BCUT2D eigenvalue weighted by molar-refractivity contribution is 7.89. The van der Waals surface area contributed by atoms with Crippen LogP contribution in [0.25, 0.3) is 0 Å². The number of benzene rings is 2. The molecule has 1 heterocycles. The first-order chi connectivity index (χ1) is 10.9. The van der Waals surface area contributed by atoms with Crippen LogP contribution in [0.15, 0.2) is 53.4 Å². The van der Waals surface area contributed by atoms with E-state index in [1.807, 2.05) is 24.3 Å². The van der Waals surface area contributed by atoms with E-state index in [9.17, 15) is 13.5 Å². The molecule has 2 aromatic rings. The first-order valence-corrected chi connectivity index (χ1v) is 8.77. The minimum absolute atomic E-state index is 0.181. The maximum Gasteiger partial charge on any atom is 0.243 e. The van der Waals surface area contributed by atoms with Crippen molar-refractivity contribution in [2.24, 2.45) is 0 Å². The minimum Gasteiger partial charge on any atom is -0.497 e. The fourth-order valence-electron chi connectivity index (χ4n) is 2.94. The lowest BCUT2D eigenvalue weighted by atomic mass is 9.96. The molecule has 6 heteroatoms. The van der Waals surface area contributed by atoms with Crippen molar-refractivity contribution in [1.29, 1.82) is 0 Å². The highest BCUT2D eigenvalue weighted by atomic mass is 32.2. The van der Waals surface area contributed by atoms with Crippen molar-refractivity contribution >= 4 is 10.0 Å². The summed E-state index contributed by atoms with van der Waals surface area (Å²) in [6.45, 7) is 0. The number of rotatable bonds is 3. The zero-order valence-corrected chi connectivity index (χ0v) is 13.8. The van der Waals surface area contributed by atoms with Gasteiger partial charge >= 0.3 is 0 Å². The molecule has 0 aliphatic carbocycles. The van der Waals surface area contributed by atoms with Crippen molar-refractivity contribution in [3.63, 3.8) is 0 Å². The first-order valence-electron chi connectivity index (χ1n) is 7.33. The van der Waals surface area contributed by atoms with E-state index >= 15 is 0 Å². The van der Waals surface area contributed by atoms with Gasteiger partial charge in [0.1, 0.15) is 5.75 Å². The molecule has 0 aromatic heterocycles. The minimum atomic E-state index is -3.59. The fraction of sp³-hybridized carbons (Fsp3) is 0.294. The zero-order valence-electron chi connectivity index (χ0n) is 13.0. The van der Waals surface area contributed by atoms with Crippen molar-refractivity contribution < 1.29 is 18.3 Å². The van der Waals surface area contributed by atoms with Crippen LogP contribution in [0.1, 0.15) is 17.2 Å². The molecular formula is C17H19NO4S. The normalized spacial score (nSPS) is 23.3. The standard InChI is InChI=1S/C17H19NO4S/c1-18-15(11-12-7-9-13(22-2)10-8-12)17(19)14-5-3-4-6-16(14)23(18,20)21/h3-10,15,17,19H,11H2,1-2H3/t15-,17+/m1/s1. The summed E-state index contributed by atoms with van der Waals surface area (Å²) >= 11 is 0. The second kappa shape index (κ2) is 5.96. The first kappa shape index (κ1) is 16.0. The summed E-state index contributed by atoms with van der Waals surface area (Å²) in [5.41, 5.74) is 1.40. The van der Waals surface area contributed by atoms with Crippen LogP contribution in [0, 0.1) is 0 Å². The van der Waals surface area contributed by atoms with Crippen molar-refractivity contribution in [3.05, 3.63) is 59.7 Å². The van der Waals surface area contributed by atoms with Crippen LogP contribution in [0.5, 0.6) is 5.75 Å². The summed E-state index contributed by atoms with van der Waals surface area (Å²) < 4.78 is 31.7. The van der Waals surface area contributed by atoms with Gasteiger partial charge in [-0.1, -0.05) is 30.3 Å². The van der Waals surface area contributed by atoms with E-state index in [1.165, 1.54) is 17.4 Å². The fourth-order valence-corrected chi connectivity index (χ4v) is 4.54. The van der Waals surface area contributed by atoms with E-state index in [0.29, 0.717) is 12.0 Å². The van der Waals surface area contributed by atoms with Crippen LogP contribution >= 0.6 is 0 Å². The van der Waals surface area contributed by atoms with Crippen molar-refractivity contribution in [2.45, 2.75) is 23.5 Å². The highest BCUT2D eigenvalue weighted by Gasteiger charge is 2.41. The maximum atomic E-state index is 12.6. The molecule has 0 fully saturated rings. The summed E-state index contributed by atoms with van der Waals surface area (Å²) in [5.74, 6) is 0.740. The molecule has 0 saturated carbocycles. The SMILES string of the molecule is COc1ccc(C[C@@H]2[C@@H](O)c3ccccc3S(=O)(=O)N2C)cc1. The monoisotopic (exact) mass is 333 g/mol. The molecule has 0 saturated heterocycles. The van der Waals surface area contributed by atoms with E-state index in [0.717, 1.165) is 11.3 Å². The molecule has 1 N–H and O–H groups in total. The number of fused-ring (bicyclic) bond motifs is 1.